The quantitative estimate of drug-likeness (QED) is 0.757. The number of benzene rings is 1. The molecular formula is C12H14N2. The van der Waals surface area contributed by atoms with Crippen LogP contribution in [0.15, 0.2) is 42.6 Å². The first-order valence-electron chi connectivity index (χ1n) is 4.77. The Morgan fingerprint density at radius 1 is 1.14 bits per heavy atom. The Kier molecular flexibility index (Phi) is 2.65. The Morgan fingerprint density at radius 3 is 2.50 bits per heavy atom. The molecule has 14 heavy (non-hydrogen) atoms. The first kappa shape index (κ1) is 9.03. The molecule has 2 rings (SSSR count). The van der Waals surface area contributed by atoms with E-state index >= 15 is 0 Å². The number of hydrogen-bond donors (Lipinski definition) is 2. The first-order chi connectivity index (χ1) is 6.90. The molecule has 0 fully saturated rings. The summed E-state index contributed by atoms with van der Waals surface area (Å²) in [6.07, 6.45) is 1.94. The number of aromatic amines is 1. The van der Waals surface area contributed by atoms with Gasteiger partial charge in [0.25, 0.3) is 0 Å². The zero-order valence-electron chi connectivity index (χ0n) is 8.25. The van der Waals surface area contributed by atoms with E-state index < -0.39 is 0 Å². The lowest BCUT2D eigenvalue weighted by atomic mass is 10.1. The van der Waals surface area contributed by atoms with Gasteiger partial charge in [0.15, 0.2) is 0 Å². The minimum atomic E-state index is 0.922. The molecule has 2 aromatic rings. The molecule has 2 nitrogen and oxygen atoms in total. The molecule has 0 radical (unpaired) electrons. The van der Waals surface area contributed by atoms with Crippen molar-refractivity contribution in [3.8, 4) is 11.3 Å². The van der Waals surface area contributed by atoms with Crippen LogP contribution in [0.1, 0.15) is 5.56 Å². The van der Waals surface area contributed by atoms with Crippen molar-refractivity contribution in [1.29, 1.82) is 0 Å². The Bertz CT molecular complexity index is 373. The second-order valence-electron chi connectivity index (χ2n) is 3.31. The second-order valence-corrected chi connectivity index (χ2v) is 3.31. The minimum Gasteiger partial charge on any atom is -0.361 e. The van der Waals surface area contributed by atoms with Crippen molar-refractivity contribution in [1.82, 2.24) is 10.3 Å². The number of H-pyrrole nitrogens is 1. The maximum Gasteiger partial charge on any atom is 0.0453 e. The minimum absolute atomic E-state index is 0.922. The predicted octanol–water partition coefficient (Wildman–Crippen LogP) is 2.40. The normalized spacial score (nSPS) is 10.4. The van der Waals surface area contributed by atoms with Crippen LogP contribution in [0.4, 0.5) is 0 Å². The number of aromatic nitrogens is 1. The molecule has 2 N–H and O–H groups in total. The number of rotatable bonds is 3. The van der Waals surface area contributed by atoms with Gasteiger partial charge in [0.2, 0.25) is 0 Å². The average Bonchev–Trinajstić information content (AvgIpc) is 2.72. The molecular weight excluding hydrogens is 172 g/mol. The molecule has 1 heterocycles. The average molecular weight is 186 g/mol. The molecule has 0 bridgehead atoms. The van der Waals surface area contributed by atoms with Crippen LogP contribution in [0, 0.1) is 0 Å². The largest absolute Gasteiger partial charge is 0.361 e. The molecule has 0 aliphatic rings. The summed E-state index contributed by atoms with van der Waals surface area (Å²) in [6, 6.07) is 12.7. The van der Waals surface area contributed by atoms with Gasteiger partial charge in [0.1, 0.15) is 0 Å². The summed E-state index contributed by atoms with van der Waals surface area (Å²) >= 11 is 0. The van der Waals surface area contributed by atoms with E-state index in [9.17, 15) is 0 Å². The molecule has 0 atom stereocenters. The van der Waals surface area contributed by atoms with Gasteiger partial charge in [-0.05, 0) is 30.3 Å². The molecule has 0 amide bonds. The van der Waals surface area contributed by atoms with Gasteiger partial charge in [0.05, 0.1) is 0 Å². The standard InChI is InChI=1S/C12H14N2/c1-13-9-10-4-6-11(7-5-10)12-3-2-8-14-12/h2-8,13-14H,9H2,1H3. The molecule has 0 unspecified atom stereocenters. The SMILES string of the molecule is CNCc1ccc(-c2ccc[nH]2)cc1. The highest BCUT2D eigenvalue weighted by atomic mass is 14.8. The molecule has 0 saturated carbocycles. The van der Waals surface area contributed by atoms with Crippen molar-refractivity contribution in [2.24, 2.45) is 0 Å². The fourth-order valence-corrected chi connectivity index (χ4v) is 1.52. The number of nitrogens with one attached hydrogen (secondary N) is 2. The third-order valence-corrected chi connectivity index (χ3v) is 2.24. The zero-order valence-corrected chi connectivity index (χ0v) is 8.25. The Labute approximate surface area is 84.0 Å². The highest BCUT2D eigenvalue weighted by Crippen LogP contribution is 2.17. The van der Waals surface area contributed by atoms with Crippen LogP contribution in [-0.4, -0.2) is 12.0 Å². The third-order valence-electron chi connectivity index (χ3n) is 2.24. The molecule has 2 heteroatoms. The van der Waals surface area contributed by atoms with Gasteiger partial charge < -0.3 is 10.3 Å². The zero-order chi connectivity index (χ0) is 9.80. The Balaban J connectivity index is 2.22. The summed E-state index contributed by atoms with van der Waals surface area (Å²) in [5.74, 6) is 0. The van der Waals surface area contributed by atoms with Crippen molar-refractivity contribution in [2.45, 2.75) is 6.54 Å². The van der Waals surface area contributed by atoms with Gasteiger partial charge >= 0.3 is 0 Å². The lowest BCUT2D eigenvalue weighted by molar-refractivity contribution is 0.818. The van der Waals surface area contributed by atoms with Gasteiger partial charge in [-0.15, -0.1) is 0 Å². The van der Waals surface area contributed by atoms with Gasteiger partial charge in [-0.25, -0.2) is 0 Å². The van der Waals surface area contributed by atoms with Gasteiger partial charge in [-0.1, -0.05) is 24.3 Å². The second kappa shape index (κ2) is 4.11. The van der Waals surface area contributed by atoms with Crippen molar-refractivity contribution < 1.29 is 0 Å². The fourth-order valence-electron chi connectivity index (χ4n) is 1.52. The summed E-state index contributed by atoms with van der Waals surface area (Å²) in [5.41, 5.74) is 3.71. The fraction of sp³-hybridized carbons (Fsp3) is 0.167. The van der Waals surface area contributed by atoms with Gasteiger partial charge in [-0.2, -0.15) is 0 Å². The van der Waals surface area contributed by atoms with E-state index in [4.69, 9.17) is 0 Å². The summed E-state index contributed by atoms with van der Waals surface area (Å²) in [6.45, 7) is 0.922. The van der Waals surface area contributed by atoms with Crippen LogP contribution >= 0.6 is 0 Å². The maximum absolute atomic E-state index is 3.19. The molecule has 0 aliphatic heterocycles. The van der Waals surface area contributed by atoms with E-state index in [0.29, 0.717) is 0 Å². The number of hydrogen-bond acceptors (Lipinski definition) is 1. The van der Waals surface area contributed by atoms with E-state index in [0.717, 1.165) is 6.54 Å². The monoisotopic (exact) mass is 186 g/mol. The van der Waals surface area contributed by atoms with Crippen LogP contribution in [0.25, 0.3) is 11.3 Å². The predicted molar refractivity (Wildman–Crippen MR) is 59.0 cm³/mol. The molecule has 0 aliphatic carbocycles. The van der Waals surface area contributed by atoms with E-state index in [-0.39, 0.29) is 0 Å². The lowest BCUT2D eigenvalue weighted by Crippen LogP contribution is -2.04. The van der Waals surface area contributed by atoms with Crippen molar-refractivity contribution in [2.75, 3.05) is 7.05 Å². The van der Waals surface area contributed by atoms with Crippen LogP contribution < -0.4 is 5.32 Å². The first-order valence-corrected chi connectivity index (χ1v) is 4.77. The Morgan fingerprint density at radius 2 is 1.93 bits per heavy atom. The van der Waals surface area contributed by atoms with Crippen LogP contribution in [0.3, 0.4) is 0 Å². The van der Waals surface area contributed by atoms with E-state index in [2.05, 4.69) is 40.6 Å². The molecule has 1 aromatic carbocycles. The van der Waals surface area contributed by atoms with E-state index in [1.807, 2.05) is 19.3 Å². The van der Waals surface area contributed by atoms with Crippen LogP contribution in [-0.2, 0) is 6.54 Å². The third kappa shape index (κ3) is 1.86. The van der Waals surface area contributed by atoms with Crippen molar-refractivity contribution in [3.05, 3.63) is 48.2 Å². The lowest BCUT2D eigenvalue weighted by Gasteiger charge is -2.01. The molecule has 72 valence electrons. The van der Waals surface area contributed by atoms with Gasteiger partial charge in [-0.3, -0.25) is 0 Å². The Hall–Kier alpha value is -1.54. The van der Waals surface area contributed by atoms with E-state index in [1.165, 1.54) is 16.8 Å². The molecule has 0 spiro atoms. The van der Waals surface area contributed by atoms with Crippen LogP contribution in [0.5, 0.6) is 0 Å². The summed E-state index contributed by atoms with van der Waals surface area (Å²) < 4.78 is 0. The van der Waals surface area contributed by atoms with Crippen LogP contribution in [0.2, 0.25) is 0 Å². The maximum atomic E-state index is 3.19. The van der Waals surface area contributed by atoms with Crippen molar-refractivity contribution in [3.63, 3.8) is 0 Å². The molecule has 1 aromatic heterocycles. The topological polar surface area (TPSA) is 27.8 Å². The van der Waals surface area contributed by atoms with E-state index in [1.54, 1.807) is 0 Å². The smallest absolute Gasteiger partial charge is 0.0453 e. The highest BCUT2D eigenvalue weighted by Gasteiger charge is 1.97. The van der Waals surface area contributed by atoms with Gasteiger partial charge in [0, 0.05) is 18.4 Å². The highest BCUT2D eigenvalue weighted by molar-refractivity contribution is 5.59. The summed E-state index contributed by atoms with van der Waals surface area (Å²) in [7, 11) is 1.96. The van der Waals surface area contributed by atoms with Crippen molar-refractivity contribution >= 4 is 0 Å². The summed E-state index contributed by atoms with van der Waals surface area (Å²) in [4.78, 5) is 3.19. The summed E-state index contributed by atoms with van der Waals surface area (Å²) in [5, 5.41) is 3.13. The molecule has 0 saturated heterocycles.